The first-order chi connectivity index (χ1) is 6.07. The van der Waals surface area contributed by atoms with Crippen LogP contribution in [0, 0.1) is 6.92 Å². The number of ether oxygens (including phenoxy) is 1. The van der Waals surface area contributed by atoms with Crippen LogP contribution in [-0.2, 0) is 0 Å². The second-order valence-electron chi connectivity index (χ2n) is 2.46. The van der Waals surface area contributed by atoms with Crippen molar-refractivity contribution in [1.29, 1.82) is 0 Å². The van der Waals surface area contributed by atoms with Gasteiger partial charge in [0.15, 0.2) is 0 Å². The molecule has 1 aromatic rings. The van der Waals surface area contributed by atoms with Gasteiger partial charge in [0.1, 0.15) is 0 Å². The first kappa shape index (κ1) is 10.4. The largest absolute Gasteiger partial charge is 0.480 e. The summed E-state index contributed by atoms with van der Waals surface area (Å²) < 4.78 is 30.0. The van der Waals surface area contributed by atoms with Crippen molar-refractivity contribution in [2.75, 3.05) is 7.11 Å². The molecule has 0 aliphatic carbocycles. The third-order valence-electron chi connectivity index (χ3n) is 1.70. The van der Waals surface area contributed by atoms with Crippen LogP contribution in [0.3, 0.4) is 0 Å². The van der Waals surface area contributed by atoms with Crippen LogP contribution >= 0.6 is 15.9 Å². The van der Waals surface area contributed by atoms with E-state index in [0.29, 0.717) is 15.9 Å². The summed E-state index contributed by atoms with van der Waals surface area (Å²) in [6.45, 7) is 1.59. The van der Waals surface area contributed by atoms with Crippen LogP contribution in [0.15, 0.2) is 10.7 Å². The normalized spacial score (nSPS) is 10.6. The highest BCUT2D eigenvalue weighted by Gasteiger charge is 2.15. The number of aromatic nitrogens is 1. The lowest BCUT2D eigenvalue weighted by atomic mass is 10.2. The first-order valence-electron chi connectivity index (χ1n) is 3.55. The van der Waals surface area contributed by atoms with Crippen molar-refractivity contribution >= 4 is 15.9 Å². The summed E-state index contributed by atoms with van der Waals surface area (Å²) in [5.41, 5.74) is 0.384. The maximum atomic E-state index is 12.3. The standard InChI is InChI=1S/C8H8BrF2NO/c1-4-5(7(10)11)3-12-8(13-2)6(4)9/h3,7H,1-2H3. The lowest BCUT2D eigenvalue weighted by molar-refractivity contribution is 0.150. The molecular formula is C8H8BrF2NO. The third kappa shape index (κ3) is 1.96. The van der Waals surface area contributed by atoms with Gasteiger partial charge in [0.25, 0.3) is 6.43 Å². The Morgan fingerprint density at radius 2 is 2.15 bits per heavy atom. The van der Waals surface area contributed by atoms with E-state index in [1.807, 2.05) is 0 Å². The molecule has 0 atom stereocenters. The van der Waals surface area contributed by atoms with Crippen LogP contribution in [-0.4, -0.2) is 12.1 Å². The van der Waals surface area contributed by atoms with E-state index in [1.165, 1.54) is 7.11 Å². The molecule has 5 heteroatoms. The fourth-order valence-corrected chi connectivity index (χ4v) is 1.42. The Hall–Kier alpha value is -0.710. The van der Waals surface area contributed by atoms with Gasteiger partial charge < -0.3 is 4.74 Å². The minimum absolute atomic E-state index is 0.0762. The quantitative estimate of drug-likeness (QED) is 0.806. The highest BCUT2D eigenvalue weighted by Crippen LogP contribution is 2.32. The number of halogens is 3. The highest BCUT2D eigenvalue weighted by atomic mass is 79.9. The molecule has 0 aliphatic rings. The fourth-order valence-electron chi connectivity index (χ4n) is 0.931. The molecule has 2 nitrogen and oxygen atoms in total. The predicted octanol–water partition coefficient (Wildman–Crippen LogP) is 3.10. The Balaban J connectivity index is 3.23. The zero-order valence-electron chi connectivity index (χ0n) is 7.14. The van der Waals surface area contributed by atoms with Crippen molar-refractivity contribution in [3.63, 3.8) is 0 Å². The zero-order chi connectivity index (χ0) is 10.0. The molecule has 0 spiro atoms. The maximum absolute atomic E-state index is 12.3. The van der Waals surface area contributed by atoms with Gasteiger partial charge in [0.05, 0.1) is 11.6 Å². The molecule has 0 saturated heterocycles. The number of alkyl halides is 2. The Morgan fingerprint density at radius 3 is 2.62 bits per heavy atom. The van der Waals surface area contributed by atoms with Gasteiger partial charge in [-0.25, -0.2) is 13.8 Å². The number of nitrogens with zero attached hydrogens (tertiary/aromatic N) is 1. The lowest BCUT2D eigenvalue weighted by Crippen LogP contribution is -1.96. The summed E-state index contributed by atoms with van der Waals surface area (Å²) in [4.78, 5) is 3.73. The molecule has 72 valence electrons. The average Bonchev–Trinajstić information content (AvgIpc) is 2.09. The number of pyridine rings is 1. The van der Waals surface area contributed by atoms with Crippen LogP contribution in [0.2, 0.25) is 0 Å². The van der Waals surface area contributed by atoms with Gasteiger partial charge in [-0.05, 0) is 28.4 Å². The summed E-state index contributed by atoms with van der Waals surface area (Å²) in [6.07, 6.45) is -1.38. The molecule has 0 saturated carbocycles. The molecule has 13 heavy (non-hydrogen) atoms. The Morgan fingerprint density at radius 1 is 1.54 bits per heavy atom. The van der Waals surface area contributed by atoms with Gasteiger partial charge in [-0.1, -0.05) is 0 Å². The summed E-state index contributed by atoms with van der Waals surface area (Å²) in [5, 5.41) is 0. The summed E-state index contributed by atoms with van der Waals surface area (Å²) in [6, 6.07) is 0. The Bertz CT molecular complexity index is 317. The number of rotatable bonds is 2. The average molecular weight is 252 g/mol. The maximum Gasteiger partial charge on any atom is 0.265 e. The smallest absolute Gasteiger partial charge is 0.265 e. The topological polar surface area (TPSA) is 22.1 Å². The summed E-state index contributed by atoms with van der Waals surface area (Å²) >= 11 is 3.14. The van der Waals surface area contributed by atoms with Gasteiger partial charge in [-0.2, -0.15) is 0 Å². The number of hydrogen-bond donors (Lipinski definition) is 0. The fraction of sp³-hybridized carbons (Fsp3) is 0.375. The van der Waals surface area contributed by atoms with Crippen molar-refractivity contribution in [2.24, 2.45) is 0 Å². The SMILES string of the molecule is COc1ncc(C(F)F)c(C)c1Br. The number of methoxy groups -OCH3 is 1. The molecule has 0 aliphatic heterocycles. The van der Waals surface area contributed by atoms with E-state index in [1.54, 1.807) is 6.92 Å². The molecule has 0 amide bonds. The first-order valence-corrected chi connectivity index (χ1v) is 4.34. The van der Waals surface area contributed by atoms with E-state index in [9.17, 15) is 8.78 Å². The molecule has 0 radical (unpaired) electrons. The van der Waals surface area contributed by atoms with E-state index in [2.05, 4.69) is 20.9 Å². The van der Waals surface area contributed by atoms with Crippen LogP contribution < -0.4 is 4.74 Å². The highest BCUT2D eigenvalue weighted by molar-refractivity contribution is 9.10. The minimum atomic E-state index is -2.50. The van der Waals surface area contributed by atoms with E-state index in [4.69, 9.17) is 4.74 Å². The van der Waals surface area contributed by atoms with Crippen molar-refractivity contribution in [2.45, 2.75) is 13.3 Å². The Kier molecular flexibility index (Phi) is 3.19. The lowest BCUT2D eigenvalue weighted by Gasteiger charge is -2.08. The van der Waals surface area contributed by atoms with Crippen LogP contribution in [0.25, 0.3) is 0 Å². The second-order valence-corrected chi connectivity index (χ2v) is 3.26. The van der Waals surface area contributed by atoms with E-state index >= 15 is 0 Å². The van der Waals surface area contributed by atoms with Gasteiger partial charge in [0, 0.05) is 11.8 Å². The van der Waals surface area contributed by atoms with Crippen molar-refractivity contribution in [3.05, 3.63) is 21.8 Å². The van der Waals surface area contributed by atoms with Gasteiger partial charge in [0.2, 0.25) is 5.88 Å². The van der Waals surface area contributed by atoms with Crippen molar-refractivity contribution in [3.8, 4) is 5.88 Å². The predicted molar refractivity (Wildman–Crippen MR) is 48.2 cm³/mol. The van der Waals surface area contributed by atoms with Crippen molar-refractivity contribution in [1.82, 2.24) is 4.98 Å². The molecule has 0 N–H and O–H groups in total. The molecule has 1 rings (SSSR count). The minimum Gasteiger partial charge on any atom is -0.480 e. The molecule has 1 aromatic heterocycles. The van der Waals surface area contributed by atoms with Gasteiger partial charge in [-0.15, -0.1) is 0 Å². The molecule has 0 bridgehead atoms. The van der Waals surface area contributed by atoms with E-state index < -0.39 is 6.43 Å². The van der Waals surface area contributed by atoms with Crippen molar-refractivity contribution < 1.29 is 13.5 Å². The van der Waals surface area contributed by atoms with Crippen LogP contribution in [0.5, 0.6) is 5.88 Å². The second kappa shape index (κ2) is 4.00. The monoisotopic (exact) mass is 251 g/mol. The number of hydrogen-bond acceptors (Lipinski definition) is 2. The van der Waals surface area contributed by atoms with Gasteiger partial charge in [-0.3, -0.25) is 0 Å². The van der Waals surface area contributed by atoms with Gasteiger partial charge >= 0.3 is 0 Å². The molecule has 0 unspecified atom stereocenters. The van der Waals surface area contributed by atoms with Crippen LogP contribution in [0.1, 0.15) is 17.6 Å². The summed E-state index contributed by atoms with van der Waals surface area (Å²) in [5.74, 6) is 0.321. The van der Waals surface area contributed by atoms with E-state index in [0.717, 1.165) is 6.20 Å². The molecular weight excluding hydrogens is 244 g/mol. The zero-order valence-corrected chi connectivity index (χ0v) is 8.73. The molecule has 1 heterocycles. The van der Waals surface area contributed by atoms with Crippen LogP contribution in [0.4, 0.5) is 8.78 Å². The summed E-state index contributed by atoms with van der Waals surface area (Å²) in [7, 11) is 1.44. The third-order valence-corrected chi connectivity index (χ3v) is 2.63. The Labute approximate surface area is 83.1 Å². The molecule has 0 fully saturated rings. The van der Waals surface area contributed by atoms with E-state index in [-0.39, 0.29) is 5.56 Å². The molecule has 0 aromatic carbocycles.